The number of hydrogen-bond acceptors (Lipinski definition) is 4. The maximum absolute atomic E-state index is 12.0. The third kappa shape index (κ3) is 5.53. The molecule has 0 saturated carbocycles. The number of urea groups is 1. The van der Waals surface area contributed by atoms with Gasteiger partial charge in [-0.15, -0.1) is 0 Å². The van der Waals surface area contributed by atoms with Crippen molar-refractivity contribution in [3.63, 3.8) is 0 Å². The smallest absolute Gasteiger partial charge is 0.317 e. The zero-order valence-electron chi connectivity index (χ0n) is 13.3. The topological polar surface area (TPSA) is 75.7 Å². The summed E-state index contributed by atoms with van der Waals surface area (Å²) < 4.78 is 29.4. The van der Waals surface area contributed by atoms with Crippen LogP contribution in [0.3, 0.4) is 0 Å². The second kappa shape index (κ2) is 8.40. The molecule has 1 aromatic rings. The van der Waals surface area contributed by atoms with Crippen molar-refractivity contribution >= 4 is 43.4 Å². The van der Waals surface area contributed by atoms with Crippen molar-refractivity contribution in [1.82, 2.24) is 10.2 Å². The molecule has 1 fully saturated rings. The molecule has 0 aromatic heterocycles. The van der Waals surface area contributed by atoms with Crippen molar-refractivity contribution in [3.8, 4) is 5.75 Å². The first-order valence-electron chi connectivity index (χ1n) is 7.57. The van der Waals surface area contributed by atoms with Crippen LogP contribution in [-0.2, 0) is 9.84 Å². The molecule has 0 bridgehead atoms. The van der Waals surface area contributed by atoms with Crippen LogP contribution in [0.2, 0.25) is 5.02 Å². The van der Waals surface area contributed by atoms with Gasteiger partial charge in [0, 0.05) is 24.1 Å². The Morgan fingerprint density at radius 3 is 2.88 bits per heavy atom. The molecule has 24 heavy (non-hydrogen) atoms. The number of carbonyl (C=O) groups excluding carboxylic acids is 1. The van der Waals surface area contributed by atoms with Crippen molar-refractivity contribution in [2.24, 2.45) is 0 Å². The van der Waals surface area contributed by atoms with E-state index in [1.807, 2.05) is 6.07 Å². The van der Waals surface area contributed by atoms with Crippen LogP contribution in [-0.4, -0.2) is 57.1 Å². The van der Waals surface area contributed by atoms with Crippen LogP contribution in [0, 0.1) is 0 Å². The summed E-state index contributed by atoms with van der Waals surface area (Å²) in [5.74, 6) is 0.790. The highest BCUT2D eigenvalue weighted by atomic mass is 79.9. The van der Waals surface area contributed by atoms with E-state index in [2.05, 4.69) is 21.2 Å². The minimum Gasteiger partial charge on any atom is -0.492 e. The van der Waals surface area contributed by atoms with Crippen LogP contribution >= 0.6 is 27.5 Å². The first-order chi connectivity index (χ1) is 11.3. The van der Waals surface area contributed by atoms with E-state index in [1.165, 1.54) is 4.90 Å². The minimum absolute atomic E-state index is 0.0437. The quantitative estimate of drug-likeness (QED) is 0.692. The molecule has 2 amide bonds. The maximum atomic E-state index is 12.0. The van der Waals surface area contributed by atoms with Gasteiger partial charge in [-0.2, -0.15) is 0 Å². The first-order valence-corrected chi connectivity index (χ1v) is 10.6. The molecule has 0 spiro atoms. The molecule has 1 N–H and O–H groups in total. The summed E-state index contributed by atoms with van der Waals surface area (Å²) in [6, 6.07) is 4.86. The number of carbonyl (C=O) groups is 1. The number of benzene rings is 1. The Kier molecular flexibility index (Phi) is 6.77. The lowest BCUT2D eigenvalue weighted by Crippen LogP contribution is -2.44. The molecule has 134 valence electrons. The van der Waals surface area contributed by atoms with Gasteiger partial charge in [0.25, 0.3) is 0 Å². The number of hydrogen-bond donors (Lipinski definition) is 1. The van der Waals surface area contributed by atoms with Gasteiger partial charge in [-0.1, -0.05) is 27.5 Å². The summed E-state index contributed by atoms with van der Waals surface area (Å²) in [7, 11) is -1.37. The van der Waals surface area contributed by atoms with E-state index < -0.39 is 9.84 Å². The van der Waals surface area contributed by atoms with Gasteiger partial charge in [0.2, 0.25) is 0 Å². The molecule has 9 heteroatoms. The standard InChI is InChI=1S/C15H20BrClN2O4S/c1-19(12-5-8-24(21,22)10-12)15(20)18-6-2-7-23-14-4-3-11(16)9-13(14)17/h3-4,9,12H,2,5-8,10H2,1H3,(H,18,20). The zero-order valence-corrected chi connectivity index (χ0v) is 16.5. The lowest BCUT2D eigenvalue weighted by Gasteiger charge is -2.23. The van der Waals surface area contributed by atoms with Crippen LogP contribution in [0.5, 0.6) is 5.75 Å². The second-order valence-corrected chi connectivity index (χ2v) is 9.23. The summed E-state index contributed by atoms with van der Waals surface area (Å²) in [6.45, 7) is 0.861. The molecule has 1 unspecified atom stereocenters. The van der Waals surface area contributed by atoms with Crippen molar-refractivity contribution in [3.05, 3.63) is 27.7 Å². The number of nitrogens with one attached hydrogen (secondary N) is 1. The molecule has 1 saturated heterocycles. The molecule has 2 rings (SSSR count). The van der Waals surface area contributed by atoms with E-state index in [4.69, 9.17) is 16.3 Å². The van der Waals surface area contributed by atoms with E-state index in [0.717, 1.165) is 4.47 Å². The zero-order chi connectivity index (χ0) is 17.7. The number of sulfone groups is 1. The molecule has 0 aliphatic carbocycles. The summed E-state index contributed by atoms with van der Waals surface area (Å²) >= 11 is 9.37. The largest absolute Gasteiger partial charge is 0.492 e. The van der Waals surface area contributed by atoms with E-state index in [1.54, 1.807) is 19.2 Å². The Bertz CT molecular complexity index is 699. The molecule has 1 aliphatic rings. The van der Waals surface area contributed by atoms with E-state index in [0.29, 0.717) is 36.8 Å². The molecule has 1 aliphatic heterocycles. The molecule has 1 aromatic carbocycles. The maximum Gasteiger partial charge on any atom is 0.317 e. The van der Waals surface area contributed by atoms with Crippen molar-refractivity contribution in [1.29, 1.82) is 0 Å². The van der Waals surface area contributed by atoms with Crippen LogP contribution in [0.15, 0.2) is 22.7 Å². The summed E-state index contributed by atoms with van der Waals surface area (Å²) in [5.41, 5.74) is 0. The molecular weight excluding hydrogens is 420 g/mol. The van der Waals surface area contributed by atoms with Gasteiger partial charge in [0.15, 0.2) is 9.84 Å². The predicted octanol–water partition coefficient (Wildman–Crippen LogP) is 2.70. The minimum atomic E-state index is -3.00. The number of ether oxygens (including phenoxy) is 1. The third-order valence-electron chi connectivity index (χ3n) is 3.83. The fourth-order valence-electron chi connectivity index (χ4n) is 2.41. The van der Waals surface area contributed by atoms with E-state index >= 15 is 0 Å². The van der Waals surface area contributed by atoms with Crippen LogP contribution in [0.1, 0.15) is 12.8 Å². The van der Waals surface area contributed by atoms with E-state index in [9.17, 15) is 13.2 Å². The first kappa shape index (κ1) is 19.3. The van der Waals surface area contributed by atoms with Crippen molar-refractivity contribution in [2.75, 3.05) is 31.7 Å². The highest BCUT2D eigenvalue weighted by molar-refractivity contribution is 9.10. The Morgan fingerprint density at radius 1 is 1.50 bits per heavy atom. The fourth-order valence-corrected chi connectivity index (χ4v) is 4.92. The average molecular weight is 440 g/mol. The Morgan fingerprint density at radius 2 is 2.25 bits per heavy atom. The Labute approximate surface area is 155 Å². The van der Waals surface area contributed by atoms with Crippen LogP contribution in [0.4, 0.5) is 4.79 Å². The number of rotatable bonds is 6. The van der Waals surface area contributed by atoms with Gasteiger partial charge >= 0.3 is 6.03 Å². The summed E-state index contributed by atoms with van der Waals surface area (Å²) in [4.78, 5) is 13.5. The highest BCUT2D eigenvalue weighted by Crippen LogP contribution is 2.27. The molecule has 1 atom stereocenters. The fraction of sp³-hybridized carbons (Fsp3) is 0.533. The monoisotopic (exact) mass is 438 g/mol. The number of amides is 2. The van der Waals surface area contributed by atoms with Gasteiger partial charge in [0.1, 0.15) is 5.75 Å². The van der Waals surface area contributed by atoms with Crippen LogP contribution < -0.4 is 10.1 Å². The number of halogens is 2. The van der Waals surface area contributed by atoms with Crippen molar-refractivity contribution in [2.45, 2.75) is 18.9 Å². The van der Waals surface area contributed by atoms with Gasteiger partial charge in [-0.05, 0) is 31.0 Å². The normalized spacial score (nSPS) is 19.0. The third-order valence-corrected chi connectivity index (χ3v) is 6.36. The van der Waals surface area contributed by atoms with Gasteiger partial charge < -0.3 is 15.0 Å². The van der Waals surface area contributed by atoms with Gasteiger partial charge in [-0.25, -0.2) is 13.2 Å². The van der Waals surface area contributed by atoms with Gasteiger partial charge in [0.05, 0.1) is 23.1 Å². The SMILES string of the molecule is CN(C(=O)NCCCOc1ccc(Br)cc1Cl)C1CCS(=O)(=O)C1. The highest BCUT2D eigenvalue weighted by Gasteiger charge is 2.32. The lowest BCUT2D eigenvalue weighted by molar-refractivity contribution is 0.194. The summed E-state index contributed by atoms with van der Waals surface area (Å²) in [5, 5.41) is 3.29. The summed E-state index contributed by atoms with van der Waals surface area (Å²) in [6.07, 6.45) is 1.12. The molecule has 6 nitrogen and oxygen atoms in total. The Balaban J connectivity index is 1.67. The predicted molar refractivity (Wildman–Crippen MR) is 97.5 cm³/mol. The molecular formula is C15H20BrClN2O4S. The van der Waals surface area contributed by atoms with E-state index in [-0.39, 0.29) is 23.6 Å². The second-order valence-electron chi connectivity index (χ2n) is 5.68. The molecule has 0 radical (unpaired) electrons. The van der Waals surface area contributed by atoms with Gasteiger partial charge in [-0.3, -0.25) is 0 Å². The lowest BCUT2D eigenvalue weighted by atomic mass is 10.2. The van der Waals surface area contributed by atoms with Crippen molar-refractivity contribution < 1.29 is 17.9 Å². The Hall–Kier alpha value is -0.990. The average Bonchev–Trinajstić information content (AvgIpc) is 2.88. The van der Waals surface area contributed by atoms with Crippen LogP contribution in [0.25, 0.3) is 0 Å². The number of nitrogens with zero attached hydrogens (tertiary/aromatic N) is 1. The molecule has 1 heterocycles.